The van der Waals surface area contributed by atoms with Crippen LogP contribution in [-0.4, -0.2) is 33.8 Å². The van der Waals surface area contributed by atoms with E-state index in [-0.39, 0.29) is 68.4 Å². The van der Waals surface area contributed by atoms with Gasteiger partial charge in [0, 0.05) is 39.6 Å². The molecule has 166 valence electrons. The Morgan fingerprint density at radius 2 is 2.22 bits per heavy atom. The third-order valence-electron chi connectivity index (χ3n) is 5.81. The first-order chi connectivity index (χ1) is 15.2. The summed E-state index contributed by atoms with van der Waals surface area (Å²) < 4.78 is 36.8. The lowest BCUT2D eigenvalue weighted by molar-refractivity contribution is -0.115. The van der Waals surface area contributed by atoms with E-state index >= 15 is 8.78 Å². The number of aliphatic hydroxyl groups is 1. The minimum absolute atomic E-state index is 0.0554. The quantitative estimate of drug-likeness (QED) is 0.342. The molecular weight excluding hydrogens is 464 g/mol. The number of rotatable bonds is 4. The van der Waals surface area contributed by atoms with Crippen molar-refractivity contribution >= 4 is 46.2 Å². The highest BCUT2D eigenvalue weighted by atomic mass is 35.5. The molecule has 0 saturated heterocycles. The van der Waals surface area contributed by atoms with Crippen molar-refractivity contribution < 1.29 is 23.4 Å². The third kappa shape index (κ3) is 2.83. The number of halogens is 3. The van der Waals surface area contributed by atoms with Crippen molar-refractivity contribution in [2.75, 3.05) is 18.6 Å². The van der Waals surface area contributed by atoms with E-state index in [1.54, 1.807) is 0 Å². The predicted molar refractivity (Wildman–Crippen MR) is 116 cm³/mol. The van der Waals surface area contributed by atoms with Crippen LogP contribution < -0.4 is 11.3 Å². The number of hydrogen-bond acceptors (Lipinski definition) is 7. The van der Waals surface area contributed by atoms with Crippen LogP contribution in [-0.2, 0) is 28.6 Å². The van der Waals surface area contributed by atoms with Crippen molar-refractivity contribution in [1.29, 1.82) is 0 Å². The smallest absolute Gasteiger partial charge is 0.283 e. The average Bonchev–Trinajstić information content (AvgIpc) is 3.12. The molecule has 0 bridgehead atoms. The van der Waals surface area contributed by atoms with E-state index < -0.39 is 23.3 Å². The van der Waals surface area contributed by atoms with Gasteiger partial charge in [0.05, 0.1) is 46.5 Å². The van der Waals surface area contributed by atoms with Crippen LogP contribution in [0.4, 0.5) is 14.5 Å². The van der Waals surface area contributed by atoms with Gasteiger partial charge in [-0.3, -0.25) is 4.79 Å². The number of nitrogens with two attached hydrogens (primary N) is 1. The molecule has 1 atom stereocenters. The van der Waals surface area contributed by atoms with Crippen molar-refractivity contribution in [3.05, 3.63) is 49.8 Å². The maximum absolute atomic E-state index is 15.2. The minimum atomic E-state index is -3.19. The normalized spacial score (nSPS) is 16.7. The van der Waals surface area contributed by atoms with Crippen LogP contribution in [0, 0.1) is 0 Å². The lowest BCUT2D eigenvalue weighted by Gasteiger charge is -2.28. The van der Waals surface area contributed by atoms with Gasteiger partial charge in [-0.1, -0.05) is 11.6 Å². The van der Waals surface area contributed by atoms with E-state index in [0.717, 1.165) is 11.8 Å². The van der Waals surface area contributed by atoms with Gasteiger partial charge in [0.2, 0.25) is 0 Å². The summed E-state index contributed by atoms with van der Waals surface area (Å²) in [4.78, 5) is 29.5. The average molecular weight is 480 g/mol. The van der Waals surface area contributed by atoms with Crippen molar-refractivity contribution in [3.8, 4) is 11.4 Å². The van der Waals surface area contributed by atoms with Gasteiger partial charge >= 0.3 is 0 Å². The highest BCUT2D eigenvalue weighted by molar-refractivity contribution is 7.99. The van der Waals surface area contributed by atoms with Gasteiger partial charge in [0.15, 0.2) is 6.29 Å². The molecule has 2 aliphatic heterocycles. The van der Waals surface area contributed by atoms with Gasteiger partial charge in [-0.05, 0) is 12.1 Å². The topological polar surface area (TPSA) is 107 Å². The molecule has 3 aromatic rings. The molecule has 2 aromatic heterocycles. The van der Waals surface area contributed by atoms with E-state index in [4.69, 9.17) is 22.1 Å². The van der Waals surface area contributed by atoms with Crippen molar-refractivity contribution in [2.45, 2.75) is 30.1 Å². The summed E-state index contributed by atoms with van der Waals surface area (Å²) in [6.45, 7) is -0.279. The zero-order valence-electron chi connectivity index (χ0n) is 16.6. The first kappa shape index (κ1) is 21.3. The summed E-state index contributed by atoms with van der Waals surface area (Å²) in [5.74, 6) is -3.71. The summed E-state index contributed by atoms with van der Waals surface area (Å²) in [6, 6.07) is 2.87. The molecule has 11 heteroatoms. The molecule has 1 aromatic carbocycles. The second-order valence-electron chi connectivity index (χ2n) is 7.67. The van der Waals surface area contributed by atoms with Crippen LogP contribution in [0.1, 0.15) is 28.4 Å². The summed E-state index contributed by atoms with van der Waals surface area (Å²) in [6.07, 6.45) is -1.28. The third-order valence-corrected chi connectivity index (χ3v) is 7.34. The fraction of sp³-hybridized carbons (Fsp3) is 0.286. The second kappa shape index (κ2) is 7.24. The number of methoxy groups -OCH3 is 1. The molecule has 32 heavy (non-hydrogen) atoms. The molecule has 2 aliphatic rings. The number of carbonyl (C=O) groups is 1. The number of aromatic nitrogens is 2. The van der Waals surface area contributed by atoms with Crippen LogP contribution in [0.5, 0.6) is 0 Å². The number of carbonyl (C=O) groups excluding carboxylic acids is 1. The van der Waals surface area contributed by atoms with Crippen LogP contribution in [0.2, 0.25) is 5.02 Å². The van der Waals surface area contributed by atoms with Gasteiger partial charge in [-0.2, -0.15) is 0 Å². The SMILES string of the molecule is COCc1c(C(O)C=O)cc2n(c1=O)Cc1c-2nc2cc(Cl)c(N)c3c2c1C(F)(F)CS3. The Hall–Kier alpha value is -2.53. The maximum Gasteiger partial charge on any atom is 0.283 e. The molecule has 0 aliphatic carbocycles. The predicted octanol–water partition coefficient (Wildman–Crippen LogP) is 3.24. The van der Waals surface area contributed by atoms with E-state index in [1.165, 1.54) is 23.8 Å². The van der Waals surface area contributed by atoms with E-state index in [1.807, 2.05) is 0 Å². The number of aliphatic hydroxyl groups excluding tert-OH is 1. The van der Waals surface area contributed by atoms with Crippen molar-refractivity contribution in [1.82, 2.24) is 9.55 Å². The van der Waals surface area contributed by atoms with Crippen LogP contribution in [0.25, 0.3) is 22.3 Å². The zero-order valence-corrected chi connectivity index (χ0v) is 18.2. The van der Waals surface area contributed by atoms with E-state index in [0.29, 0.717) is 11.2 Å². The summed E-state index contributed by atoms with van der Waals surface area (Å²) in [5, 5.41) is 10.6. The molecule has 5 rings (SSSR count). The summed E-state index contributed by atoms with van der Waals surface area (Å²) in [5.41, 5.74) is 6.54. The van der Waals surface area contributed by atoms with E-state index in [2.05, 4.69) is 4.98 Å². The van der Waals surface area contributed by atoms with Crippen LogP contribution >= 0.6 is 23.4 Å². The van der Waals surface area contributed by atoms with Gasteiger partial charge in [-0.25, -0.2) is 13.8 Å². The Kier molecular flexibility index (Phi) is 4.82. The highest BCUT2D eigenvalue weighted by Gasteiger charge is 2.44. The highest BCUT2D eigenvalue weighted by Crippen LogP contribution is 2.53. The van der Waals surface area contributed by atoms with Crippen molar-refractivity contribution in [2.24, 2.45) is 0 Å². The lowest BCUT2D eigenvalue weighted by Crippen LogP contribution is -2.27. The molecule has 0 spiro atoms. The molecule has 3 N–H and O–H groups in total. The fourth-order valence-electron chi connectivity index (χ4n) is 4.42. The number of anilines is 1. The first-order valence-corrected chi connectivity index (χ1v) is 10.9. The molecule has 0 radical (unpaired) electrons. The lowest BCUT2D eigenvalue weighted by atomic mass is 9.95. The minimum Gasteiger partial charge on any atom is -0.397 e. The Morgan fingerprint density at radius 1 is 1.47 bits per heavy atom. The van der Waals surface area contributed by atoms with Gasteiger partial charge in [0.1, 0.15) is 6.10 Å². The standard InChI is InChI=1S/C21H16ClF2N3O4S/c1-31-6-10-8(14(29)5-28)2-13-18-9(4-27(13)20(10)30)16-15-12(26-18)3-11(22)17(25)19(15)32-7-21(16,23)24/h2-3,5,14,29H,4,6-7,25H2,1H3. The first-order valence-electron chi connectivity index (χ1n) is 9.54. The molecule has 0 saturated carbocycles. The summed E-state index contributed by atoms with van der Waals surface area (Å²) in [7, 11) is 1.37. The fourth-order valence-corrected chi connectivity index (χ4v) is 5.76. The molecule has 7 nitrogen and oxygen atoms in total. The van der Waals surface area contributed by atoms with Crippen molar-refractivity contribution in [3.63, 3.8) is 0 Å². The van der Waals surface area contributed by atoms with Crippen LogP contribution in [0.3, 0.4) is 0 Å². The summed E-state index contributed by atoms with van der Waals surface area (Å²) >= 11 is 7.15. The number of nitrogens with zero attached hydrogens (tertiary/aromatic N) is 2. The number of nitrogen functional groups attached to an aromatic ring is 1. The zero-order chi connectivity index (χ0) is 22.9. The number of fused-ring (bicyclic) bond motifs is 4. The number of pyridine rings is 2. The van der Waals surface area contributed by atoms with Gasteiger partial charge < -0.3 is 24.9 Å². The number of benzene rings is 1. The maximum atomic E-state index is 15.2. The Bertz CT molecular complexity index is 1390. The largest absolute Gasteiger partial charge is 0.397 e. The molecular formula is C21H16ClF2N3O4S. The number of aldehydes is 1. The monoisotopic (exact) mass is 479 g/mol. The van der Waals surface area contributed by atoms with Crippen LogP contribution in [0.15, 0.2) is 21.8 Å². The Balaban J connectivity index is 1.89. The molecule has 0 amide bonds. The number of ether oxygens (including phenoxy) is 1. The number of thioether (sulfide) groups is 1. The van der Waals surface area contributed by atoms with Gasteiger partial charge in [0.25, 0.3) is 11.5 Å². The Labute approximate surface area is 189 Å². The van der Waals surface area contributed by atoms with E-state index in [9.17, 15) is 14.7 Å². The second-order valence-corrected chi connectivity index (χ2v) is 9.06. The molecule has 1 unspecified atom stereocenters. The van der Waals surface area contributed by atoms with Gasteiger partial charge in [-0.15, -0.1) is 11.8 Å². The molecule has 0 fully saturated rings. The number of hydrogen-bond donors (Lipinski definition) is 2. The molecule has 4 heterocycles. The number of alkyl halides is 2. The Morgan fingerprint density at radius 3 is 2.91 bits per heavy atom.